The Balaban J connectivity index is 3.80. The second-order valence-electron chi connectivity index (χ2n) is 3.47. The molecule has 0 N–H and O–H groups in total. The van der Waals surface area contributed by atoms with Crippen molar-refractivity contribution in [3.8, 4) is 0 Å². The second kappa shape index (κ2) is 4.21. The molecular formula is C8H14OS2. The van der Waals surface area contributed by atoms with Crippen LogP contribution in [0.4, 0.5) is 0 Å². The van der Waals surface area contributed by atoms with E-state index in [1.807, 2.05) is 20.8 Å². The van der Waals surface area contributed by atoms with Crippen LogP contribution in [0.15, 0.2) is 0 Å². The van der Waals surface area contributed by atoms with Gasteiger partial charge in [0.1, 0.15) is 0 Å². The van der Waals surface area contributed by atoms with Crippen molar-refractivity contribution < 1.29 is 4.79 Å². The van der Waals surface area contributed by atoms with E-state index in [0.29, 0.717) is 6.42 Å². The topological polar surface area (TPSA) is 17.1 Å². The summed E-state index contributed by atoms with van der Waals surface area (Å²) in [6.45, 7) is 7.87. The predicted octanol–water partition coefficient (Wildman–Crippen LogP) is 2.82. The maximum absolute atomic E-state index is 11.1. The van der Waals surface area contributed by atoms with E-state index in [0.717, 1.165) is 4.86 Å². The largest absolute Gasteiger partial charge is 0.287 e. The van der Waals surface area contributed by atoms with E-state index in [-0.39, 0.29) is 9.86 Å². The average Bonchev–Trinajstić information content (AvgIpc) is 1.53. The highest BCUT2D eigenvalue weighted by atomic mass is 32.2. The first-order valence-electron chi connectivity index (χ1n) is 3.52. The molecule has 3 heteroatoms. The van der Waals surface area contributed by atoms with Gasteiger partial charge in [0.05, 0.1) is 0 Å². The fraction of sp³-hybridized carbons (Fsp3) is 0.750. The maximum atomic E-state index is 11.1. The fourth-order valence-corrected chi connectivity index (χ4v) is 1.78. The maximum Gasteiger partial charge on any atom is 0.194 e. The Hall–Kier alpha value is 0.110. The summed E-state index contributed by atoms with van der Waals surface area (Å²) in [6, 6.07) is 0. The Morgan fingerprint density at radius 1 is 1.45 bits per heavy atom. The standard InChI is InChI=1S/C8H14OS2/c1-6(10)5-7(9)11-8(2,3)4/h5H2,1-4H3. The van der Waals surface area contributed by atoms with Crippen LogP contribution in [-0.4, -0.2) is 14.7 Å². The van der Waals surface area contributed by atoms with Gasteiger partial charge in [-0.2, -0.15) is 0 Å². The van der Waals surface area contributed by atoms with E-state index in [1.165, 1.54) is 11.8 Å². The number of rotatable bonds is 2. The van der Waals surface area contributed by atoms with Crippen LogP contribution < -0.4 is 0 Å². The molecule has 0 rings (SSSR count). The van der Waals surface area contributed by atoms with Gasteiger partial charge in [-0.15, -0.1) is 0 Å². The van der Waals surface area contributed by atoms with Crippen molar-refractivity contribution >= 4 is 34.0 Å². The summed E-state index contributed by atoms with van der Waals surface area (Å²) in [4.78, 5) is 11.9. The predicted molar refractivity (Wildman–Crippen MR) is 55.2 cm³/mol. The molecule has 0 aromatic carbocycles. The molecule has 0 aliphatic carbocycles. The molecule has 0 aromatic rings. The summed E-state index contributed by atoms with van der Waals surface area (Å²) in [6.07, 6.45) is 0.428. The number of thioether (sulfide) groups is 1. The third kappa shape index (κ3) is 8.01. The molecule has 0 fully saturated rings. The number of carbonyl (C=O) groups excluding carboxylic acids is 1. The van der Waals surface area contributed by atoms with E-state index in [9.17, 15) is 4.79 Å². The molecule has 0 spiro atoms. The molecule has 1 nitrogen and oxygen atoms in total. The molecule has 11 heavy (non-hydrogen) atoms. The van der Waals surface area contributed by atoms with Crippen molar-refractivity contribution in [2.75, 3.05) is 0 Å². The van der Waals surface area contributed by atoms with Crippen LogP contribution in [0.5, 0.6) is 0 Å². The van der Waals surface area contributed by atoms with Crippen molar-refractivity contribution in [3.63, 3.8) is 0 Å². The lowest BCUT2D eigenvalue weighted by atomic mass is 10.3. The lowest BCUT2D eigenvalue weighted by Crippen LogP contribution is -2.12. The average molecular weight is 190 g/mol. The molecule has 64 valence electrons. The van der Waals surface area contributed by atoms with Crippen molar-refractivity contribution in [2.45, 2.75) is 38.9 Å². The van der Waals surface area contributed by atoms with Crippen LogP contribution in [-0.2, 0) is 4.79 Å². The van der Waals surface area contributed by atoms with Crippen LogP contribution in [0.25, 0.3) is 0 Å². The molecule has 0 saturated carbocycles. The van der Waals surface area contributed by atoms with Crippen molar-refractivity contribution in [1.82, 2.24) is 0 Å². The van der Waals surface area contributed by atoms with Gasteiger partial charge in [0.15, 0.2) is 5.12 Å². The van der Waals surface area contributed by atoms with Gasteiger partial charge in [0.2, 0.25) is 0 Å². The van der Waals surface area contributed by atoms with Crippen molar-refractivity contribution in [2.24, 2.45) is 0 Å². The number of hydrogen-bond donors (Lipinski definition) is 0. The first kappa shape index (κ1) is 11.1. The van der Waals surface area contributed by atoms with E-state index < -0.39 is 0 Å². The highest BCUT2D eigenvalue weighted by Gasteiger charge is 2.16. The number of carbonyl (C=O) groups is 1. The van der Waals surface area contributed by atoms with Crippen LogP contribution in [0, 0.1) is 0 Å². The third-order valence-electron chi connectivity index (χ3n) is 0.813. The zero-order valence-corrected chi connectivity index (χ0v) is 9.06. The van der Waals surface area contributed by atoms with Gasteiger partial charge < -0.3 is 0 Å². The molecule has 0 radical (unpaired) electrons. The van der Waals surface area contributed by atoms with Crippen LogP contribution in [0.3, 0.4) is 0 Å². The molecule has 0 heterocycles. The first-order valence-corrected chi connectivity index (χ1v) is 4.75. The van der Waals surface area contributed by atoms with E-state index in [4.69, 9.17) is 12.2 Å². The molecule has 0 aliphatic rings. The quantitative estimate of drug-likeness (QED) is 0.623. The molecule has 0 atom stereocenters. The van der Waals surface area contributed by atoms with Crippen molar-refractivity contribution in [3.05, 3.63) is 0 Å². The molecule has 0 amide bonds. The molecule has 0 aromatic heterocycles. The highest BCUT2D eigenvalue weighted by Crippen LogP contribution is 2.24. The minimum absolute atomic E-state index is 0.0157. The lowest BCUT2D eigenvalue weighted by molar-refractivity contribution is -0.110. The monoisotopic (exact) mass is 190 g/mol. The zero-order chi connectivity index (χ0) is 9.07. The summed E-state index contributed by atoms with van der Waals surface area (Å²) in [5.74, 6) is 0. The minimum Gasteiger partial charge on any atom is -0.287 e. The number of thiocarbonyl (C=S) groups is 1. The summed E-state index contributed by atoms with van der Waals surface area (Å²) in [5, 5.41) is 0.171. The SMILES string of the molecule is CC(=S)CC(=O)SC(C)(C)C. The summed E-state index contributed by atoms with van der Waals surface area (Å²) in [5.41, 5.74) is 0. The molecule has 0 aliphatic heterocycles. The Labute approximate surface area is 77.9 Å². The lowest BCUT2D eigenvalue weighted by Gasteiger charge is -2.15. The molecule has 0 saturated heterocycles. The smallest absolute Gasteiger partial charge is 0.194 e. The van der Waals surface area contributed by atoms with Gasteiger partial charge >= 0.3 is 0 Å². The Morgan fingerprint density at radius 2 is 1.91 bits per heavy atom. The minimum atomic E-state index is 0.0157. The molecular weight excluding hydrogens is 176 g/mol. The Bertz CT molecular complexity index is 167. The van der Waals surface area contributed by atoms with E-state index >= 15 is 0 Å². The summed E-state index contributed by atoms with van der Waals surface area (Å²) < 4.78 is 0.0157. The van der Waals surface area contributed by atoms with Gasteiger partial charge in [-0.05, 0) is 11.8 Å². The van der Waals surface area contributed by atoms with Gasteiger partial charge in [0, 0.05) is 11.2 Å². The highest BCUT2D eigenvalue weighted by molar-refractivity contribution is 8.14. The third-order valence-corrected chi connectivity index (χ3v) is 1.94. The molecule has 0 bridgehead atoms. The van der Waals surface area contributed by atoms with E-state index in [1.54, 1.807) is 6.92 Å². The van der Waals surface area contributed by atoms with Crippen LogP contribution in [0.1, 0.15) is 34.1 Å². The van der Waals surface area contributed by atoms with E-state index in [2.05, 4.69) is 0 Å². The summed E-state index contributed by atoms with van der Waals surface area (Å²) in [7, 11) is 0. The fourth-order valence-electron chi connectivity index (χ4n) is 0.581. The van der Waals surface area contributed by atoms with Crippen LogP contribution in [0.2, 0.25) is 0 Å². The van der Waals surface area contributed by atoms with Gasteiger partial charge in [-0.1, -0.05) is 44.8 Å². The van der Waals surface area contributed by atoms with Gasteiger partial charge in [-0.25, -0.2) is 0 Å². The summed E-state index contributed by atoms with van der Waals surface area (Å²) >= 11 is 6.19. The first-order chi connectivity index (χ1) is 4.81. The van der Waals surface area contributed by atoms with Gasteiger partial charge in [-0.3, -0.25) is 4.79 Å². The zero-order valence-electron chi connectivity index (χ0n) is 7.43. The van der Waals surface area contributed by atoms with Crippen molar-refractivity contribution in [1.29, 1.82) is 0 Å². The normalized spacial score (nSPS) is 11.3. The molecule has 0 unspecified atom stereocenters. The Kier molecular flexibility index (Phi) is 4.26. The Morgan fingerprint density at radius 3 is 2.18 bits per heavy atom. The van der Waals surface area contributed by atoms with Gasteiger partial charge in [0.25, 0.3) is 0 Å². The van der Waals surface area contributed by atoms with Crippen LogP contribution >= 0.6 is 24.0 Å². The number of hydrogen-bond acceptors (Lipinski definition) is 3. The second-order valence-corrected chi connectivity index (χ2v) is 6.05.